The van der Waals surface area contributed by atoms with Crippen LogP contribution in [0.3, 0.4) is 0 Å². The summed E-state index contributed by atoms with van der Waals surface area (Å²) in [5.74, 6) is 0.573. The van der Waals surface area contributed by atoms with Gasteiger partial charge in [0.15, 0.2) is 0 Å². The Morgan fingerprint density at radius 3 is 2.50 bits per heavy atom. The molecule has 2 aromatic carbocycles. The normalized spacial score (nSPS) is 16.8. The molecule has 0 aliphatic heterocycles. The Kier molecular flexibility index (Phi) is 8.54. The number of nitrogens with two attached hydrogens (primary N) is 1. The van der Waals surface area contributed by atoms with Gasteiger partial charge in [-0.1, -0.05) is 82.0 Å². The average molecular weight is 406 g/mol. The number of benzene rings is 2. The smallest absolute Gasteiger partial charge is 0.220 e. The van der Waals surface area contributed by atoms with Crippen LogP contribution in [-0.4, -0.2) is 5.91 Å². The molecule has 0 radical (unpaired) electrons. The molecule has 0 fully saturated rings. The molecule has 2 atom stereocenters. The molecule has 2 N–H and O–H groups in total. The molecular formula is C28H39NO. The summed E-state index contributed by atoms with van der Waals surface area (Å²) in [5, 5.41) is 0. The summed E-state index contributed by atoms with van der Waals surface area (Å²) in [5.41, 5.74) is 12.6. The maximum atomic E-state index is 11.5. The lowest BCUT2D eigenvalue weighted by molar-refractivity contribution is -0.122. The van der Waals surface area contributed by atoms with E-state index in [9.17, 15) is 4.79 Å². The Morgan fingerprint density at radius 2 is 1.77 bits per heavy atom. The number of hydrogen-bond acceptors (Lipinski definition) is 1. The van der Waals surface area contributed by atoms with Crippen molar-refractivity contribution in [3.8, 4) is 0 Å². The molecule has 162 valence electrons. The van der Waals surface area contributed by atoms with Crippen LogP contribution in [-0.2, 0) is 30.5 Å². The first-order valence-corrected chi connectivity index (χ1v) is 12.1. The molecule has 1 aliphatic carbocycles. The topological polar surface area (TPSA) is 43.1 Å². The Hall–Kier alpha value is -2.09. The summed E-state index contributed by atoms with van der Waals surface area (Å²) in [6.45, 7) is 4.59. The lowest BCUT2D eigenvalue weighted by Gasteiger charge is -2.23. The van der Waals surface area contributed by atoms with Gasteiger partial charge in [0, 0.05) is 5.92 Å². The van der Waals surface area contributed by atoms with E-state index in [-0.39, 0.29) is 11.8 Å². The number of unbranched alkanes of at least 4 members (excludes halogenated alkanes) is 2. The van der Waals surface area contributed by atoms with Gasteiger partial charge in [-0.3, -0.25) is 4.79 Å². The predicted molar refractivity (Wildman–Crippen MR) is 127 cm³/mol. The van der Waals surface area contributed by atoms with Crippen LogP contribution in [0.2, 0.25) is 0 Å². The van der Waals surface area contributed by atoms with E-state index in [0.717, 1.165) is 32.1 Å². The second-order valence-electron chi connectivity index (χ2n) is 9.17. The Morgan fingerprint density at radius 1 is 0.967 bits per heavy atom. The maximum Gasteiger partial charge on any atom is 0.220 e. The third-order valence-electron chi connectivity index (χ3n) is 6.82. The lowest BCUT2D eigenvalue weighted by atomic mass is 9.82. The minimum absolute atomic E-state index is 0.0134. The third kappa shape index (κ3) is 6.20. The van der Waals surface area contributed by atoms with Crippen LogP contribution in [0.4, 0.5) is 0 Å². The summed E-state index contributed by atoms with van der Waals surface area (Å²) in [6.07, 6.45) is 12.7. The van der Waals surface area contributed by atoms with Gasteiger partial charge in [0.05, 0.1) is 0 Å². The lowest BCUT2D eigenvalue weighted by Crippen LogP contribution is -2.28. The first kappa shape index (κ1) is 22.6. The van der Waals surface area contributed by atoms with Crippen molar-refractivity contribution in [2.24, 2.45) is 11.7 Å². The second kappa shape index (κ2) is 11.3. The van der Waals surface area contributed by atoms with Crippen molar-refractivity contribution in [2.75, 3.05) is 0 Å². The van der Waals surface area contributed by atoms with Crippen molar-refractivity contribution < 1.29 is 4.79 Å². The van der Waals surface area contributed by atoms with E-state index >= 15 is 0 Å². The number of aryl methyl sites for hydroxylation is 3. The fraction of sp³-hybridized carbons (Fsp3) is 0.536. The number of hydrogen-bond donors (Lipinski definition) is 1. The highest BCUT2D eigenvalue weighted by Crippen LogP contribution is 2.29. The largest absolute Gasteiger partial charge is 0.369 e. The number of carbonyl (C=O) groups is 1. The molecule has 0 aromatic heterocycles. The molecule has 2 aromatic rings. The van der Waals surface area contributed by atoms with Gasteiger partial charge in [-0.15, -0.1) is 0 Å². The molecule has 2 heteroatoms. The molecule has 1 amide bonds. The second-order valence-corrected chi connectivity index (χ2v) is 9.17. The maximum absolute atomic E-state index is 11.5. The van der Waals surface area contributed by atoms with Crippen LogP contribution in [0, 0.1) is 5.92 Å². The summed E-state index contributed by atoms with van der Waals surface area (Å²) in [4.78, 5) is 11.5. The number of amides is 1. The molecule has 0 saturated heterocycles. The van der Waals surface area contributed by atoms with Gasteiger partial charge < -0.3 is 5.73 Å². The number of fused-ring (bicyclic) bond motifs is 1. The number of carbonyl (C=O) groups excluding carboxylic acids is 1. The molecule has 1 aliphatic rings. The molecule has 3 rings (SSSR count). The quantitative estimate of drug-likeness (QED) is 0.425. The highest BCUT2D eigenvalue weighted by Gasteiger charge is 2.22. The average Bonchev–Trinajstić information content (AvgIpc) is 2.77. The van der Waals surface area contributed by atoms with Gasteiger partial charge in [-0.05, 0) is 78.7 Å². The van der Waals surface area contributed by atoms with Gasteiger partial charge in [0.25, 0.3) is 0 Å². The zero-order chi connectivity index (χ0) is 21.3. The molecule has 0 heterocycles. The Balaban J connectivity index is 1.62. The number of primary amides is 1. The standard InChI is InChI=1S/C28H39NO/c1-3-5-6-10-23(8-4-2)24-11-7-9-21(18-24)12-13-22-14-15-26-20-27(28(29)30)17-16-25(26)19-22/h7,9,11,14-15,18-19,23,27H,3-6,8,10,12-13,16-17,20H2,1-2H3,(H2,29,30). The van der Waals surface area contributed by atoms with E-state index in [4.69, 9.17) is 5.73 Å². The van der Waals surface area contributed by atoms with Crippen LogP contribution in [0.25, 0.3) is 0 Å². The third-order valence-corrected chi connectivity index (χ3v) is 6.82. The van der Waals surface area contributed by atoms with Gasteiger partial charge >= 0.3 is 0 Å². The fourth-order valence-corrected chi connectivity index (χ4v) is 4.96. The van der Waals surface area contributed by atoms with Gasteiger partial charge in [-0.25, -0.2) is 0 Å². The highest BCUT2D eigenvalue weighted by molar-refractivity contribution is 5.77. The van der Waals surface area contributed by atoms with Gasteiger partial charge in [-0.2, -0.15) is 0 Å². The molecule has 2 unspecified atom stereocenters. The van der Waals surface area contributed by atoms with E-state index in [2.05, 4.69) is 56.3 Å². The molecule has 2 nitrogen and oxygen atoms in total. The minimum atomic E-state index is -0.152. The molecular weight excluding hydrogens is 366 g/mol. The number of rotatable bonds is 11. The van der Waals surface area contributed by atoms with Crippen LogP contribution in [0.5, 0.6) is 0 Å². The SMILES string of the molecule is CCCCCC(CCC)c1cccc(CCc2ccc3c(c2)CCC(C(N)=O)C3)c1. The first-order valence-electron chi connectivity index (χ1n) is 12.1. The van der Waals surface area contributed by atoms with E-state index in [0.29, 0.717) is 5.92 Å². The summed E-state index contributed by atoms with van der Waals surface area (Å²) in [7, 11) is 0. The van der Waals surface area contributed by atoms with E-state index in [1.54, 1.807) is 0 Å². The van der Waals surface area contributed by atoms with Crippen LogP contribution >= 0.6 is 0 Å². The van der Waals surface area contributed by atoms with Gasteiger partial charge in [0.1, 0.15) is 0 Å². The summed E-state index contributed by atoms with van der Waals surface area (Å²) in [6, 6.07) is 16.2. The predicted octanol–water partition coefficient (Wildman–Crippen LogP) is 6.53. The zero-order valence-electron chi connectivity index (χ0n) is 19.0. The van der Waals surface area contributed by atoms with E-state index in [1.165, 1.54) is 66.3 Å². The fourth-order valence-electron chi connectivity index (χ4n) is 4.96. The zero-order valence-corrected chi connectivity index (χ0v) is 19.0. The Bertz CT molecular complexity index is 825. The molecule has 0 bridgehead atoms. The van der Waals surface area contributed by atoms with Crippen LogP contribution in [0.1, 0.15) is 92.5 Å². The molecule has 0 spiro atoms. The first-order chi connectivity index (χ1) is 14.6. The van der Waals surface area contributed by atoms with Crippen LogP contribution in [0.15, 0.2) is 42.5 Å². The Labute approximate surface area is 183 Å². The van der Waals surface area contributed by atoms with Crippen molar-refractivity contribution in [2.45, 2.75) is 90.4 Å². The van der Waals surface area contributed by atoms with E-state index < -0.39 is 0 Å². The van der Waals surface area contributed by atoms with Crippen molar-refractivity contribution in [1.82, 2.24) is 0 Å². The minimum Gasteiger partial charge on any atom is -0.369 e. The van der Waals surface area contributed by atoms with Crippen molar-refractivity contribution >= 4 is 5.91 Å². The van der Waals surface area contributed by atoms with Gasteiger partial charge in [0.2, 0.25) is 5.91 Å². The molecule has 30 heavy (non-hydrogen) atoms. The summed E-state index contributed by atoms with van der Waals surface area (Å²) >= 11 is 0. The monoisotopic (exact) mass is 405 g/mol. The van der Waals surface area contributed by atoms with Crippen molar-refractivity contribution in [3.63, 3.8) is 0 Å². The van der Waals surface area contributed by atoms with E-state index in [1.807, 2.05) is 0 Å². The highest BCUT2D eigenvalue weighted by atomic mass is 16.1. The summed E-state index contributed by atoms with van der Waals surface area (Å²) < 4.78 is 0. The van der Waals surface area contributed by atoms with Crippen molar-refractivity contribution in [1.29, 1.82) is 0 Å². The van der Waals surface area contributed by atoms with Crippen LogP contribution < -0.4 is 5.73 Å². The van der Waals surface area contributed by atoms with Crippen molar-refractivity contribution in [3.05, 3.63) is 70.3 Å². The molecule has 0 saturated carbocycles.